The molecule has 0 aliphatic heterocycles. The summed E-state index contributed by atoms with van der Waals surface area (Å²) in [5.41, 5.74) is 0.526. The molecule has 0 spiro atoms. The fourth-order valence-corrected chi connectivity index (χ4v) is 6.49. The van der Waals surface area contributed by atoms with E-state index in [2.05, 4.69) is 62.3 Å². The molecule has 0 bridgehead atoms. The number of fused-ring (bicyclic) bond motifs is 2. The van der Waals surface area contributed by atoms with Crippen LogP contribution in [0.1, 0.15) is 66.2 Å². The summed E-state index contributed by atoms with van der Waals surface area (Å²) >= 11 is 7.42. The predicted octanol–water partition coefficient (Wildman–Crippen LogP) is 9.05. The highest BCUT2D eigenvalue weighted by Crippen LogP contribution is 2.46. The van der Waals surface area contributed by atoms with Gasteiger partial charge in [0, 0.05) is 37.2 Å². The molecule has 2 N–H and O–H groups in total. The van der Waals surface area contributed by atoms with Gasteiger partial charge in [-0.15, -0.1) is 0 Å². The number of halogens is 2. The molecule has 0 aromatic heterocycles. The fourth-order valence-electron chi connectivity index (χ4n) is 5.38. The Balaban J connectivity index is 1.69. The van der Waals surface area contributed by atoms with Crippen LogP contribution in [0, 0.1) is 0 Å². The molecule has 5 rings (SSSR count). The summed E-state index contributed by atoms with van der Waals surface area (Å²) in [4.78, 5) is 25.7. The number of benzene rings is 5. The van der Waals surface area contributed by atoms with Gasteiger partial charge in [-0.05, 0) is 51.6 Å². The Kier molecular flexibility index (Phi) is 7.18. The number of nitrogens with one attached hydrogen (secondary N) is 1. The number of hydrogen-bond acceptors (Lipinski definition) is 2. The van der Waals surface area contributed by atoms with Crippen molar-refractivity contribution in [1.82, 2.24) is 5.32 Å². The minimum atomic E-state index is -1.04. The SMILES string of the molecule is CCCCCCCCNC(=O)c1cc(Br)c2c3cccc4c(Br)ccc(c5ccc(C(=O)O)c1c52)c43. The van der Waals surface area contributed by atoms with Crippen molar-refractivity contribution >= 4 is 86.8 Å². The van der Waals surface area contributed by atoms with Crippen molar-refractivity contribution in [3.63, 3.8) is 0 Å². The van der Waals surface area contributed by atoms with E-state index in [0.717, 1.165) is 59.5 Å². The third-order valence-corrected chi connectivity index (χ3v) is 8.39. The average Bonchev–Trinajstić information content (AvgIpc) is 2.87. The number of unbranched alkanes of at least 4 members (excludes halogenated alkanes) is 5. The molecule has 0 radical (unpaired) electrons. The van der Waals surface area contributed by atoms with Gasteiger partial charge >= 0.3 is 5.97 Å². The summed E-state index contributed by atoms with van der Waals surface area (Å²) in [6.07, 6.45) is 6.82. The fraction of sp³-hybridized carbons (Fsp3) is 0.267. The molecule has 6 heteroatoms. The maximum atomic E-state index is 13.4. The molecule has 0 saturated heterocycles. The van der Waals surface area contributed by atoms with E-state index >= 15 is 0 Å². The van der Waals surface area contributed by atoms with Gasteiger partial charge in [-0.25, -0.2) is 4.79 Å². The molecule has 0 aliphatic carbocycles. The molecule has 0 atom stereocenters. The molecule has 0 aliphatic rings. The number of amides is 1. The van der Waals surface area contributed by atoms with Gasteiger partial charge in [0.15, 0.2) is 0 Å². The summed E-state index contributed by atoms with van der Waals surface area (Å²) in [6.45, 7) is 2.77. The van der Waals surface area contributed by atoms with E-state index in [-0.39, 0.29) is 11.5 Å². The van der Waals surface area contributed by atoms with Gasteiger partial charge in [0.05, 0.1) is 5.56 Å². The van der Waals surface area contributed by atoms with Crippen LogP contribution in [-0.4, -0.2) is 23.5 Å². The van der Waals surface area contributed by atoms with E-state index in [1.807, 2.05) is 18.2 Å². The zero-order valence-corrected chi connectivity index (χ0v) is 23.3. The number of hydrogen-bond donors (Lipinski definition) is 2. The molecule has 0 fully saturated rings. The van der Waals surface area contributed by atoms with Crippen LogP contribution in [0.5, 0.6) is 0 Å². The van der Waals surface area contributed by atoms with Crippen molar-refractivity contribution in [1.29, 1.82) is 0 Å². The molecule has 4 nitrogen and oxygen atoms in total. The molecular weight excluding hydrogens is 582 g/mol. The largest absolute Gasteiger partial charge is 0.478 e. The second-order valence-electron chi connectivity index (χ2n) is 9.34. The summed E-state index contributed by atoms with van der Waals surface area (Å²) in [5.74, 6) is -1.28. The summed E-state index contributed by atoms with van der Waals surface area (Å²) < 4.78 is 1.79. The van der Waals surface area contributed by atoms with Crippen LogP contribution in [0.4, 0.5) is 0 Å². The van der Waals surface area contributed by atoms with E-state index in [4.69, 9.17) is 0 Å². The zero-order chi connectivity index (χ0) is 25.4. The minimum Gasteiger partial charge on any atom is -0.478 e. The molecule has 0 unspecified atom stereocenters. The van der Waals surface area contributed by atoms with Crippen LogP contribution in [0.15, 0.2) is 57.5 Å². The monoisotopic (exact) mass is 607 g/mol. The molecule has 0 heterocycles. The lowest BCUT2D eigenvalue weighted by atomic mass is 9.86. The molecule has 36 heavy (non-hydrogen) atoms. The Morgan fingerprint density at radius 2 is 1.42 bits per heavy atom. The average molecular weight is 609 g/mol. The second kappa shape index (κ2) is 10.3. The Bertz CT molecular complexity index is 1630. The van der Waals surface area contributed by atoms with Crippen molar-refractivity contribution in [2.45, 2.75) is 45.4 Å². The predicted molar refractivity (Wildman–Crippen MR) is 156 cm³/mol. The van der Waals surface area contributed by atoms with Crippen LogP contribution in [0.2, 0.25) is 0 Å². The summed E-state index contributed by atoms with van der Waals surface area (Å²) in [7, 11) is 0. The van der Waals surface area contributed by atoms with Crippen molar-refractivity contribution < 1.29 is 14.7 Å². The first-order valence-electron chi connectivity index (χ1n) is 12.5. The topological polar surface area (TPSA) is 66.4 Å². The lowest BCUT2D eigenvalue weighted by Gasteiger charge is -2.19. The highest BCUT2D eigenvalue weighted by molar-refractivity contribution is 9.11. The molecule has 184 valence electrons. The number of rotatable bonds is 9. The van der Waals surface area contributed by atoms with Gasteiger partial charge in [-0.2, -0.15) is 0 Å². The third kappa shape index (κ3) is 4.24. The van der Waals surface area contributed by atoms with E-state index in [1.54, 1.807) is 12.1 Å². The van der Waals surface area contributed by atoms with Crippen molar-refractivity contribution in [2.24, 2.45) is 0 Å². The summed E-state index contributed by atoms with van der Waals surface area (Å²) in [6, 6.07) is 15.5. The Morgan fingerprint density at radius 3 is 2.19 bits per heavy atom. The van der Waals surface area contributed by atoms with Crippen molar-refractivity contribution in [2.75, 3.05) is 6.54 Å². The Morgan fingerprint density at radius 1 is 0.722 bits per heavy atom. The highest BCUT2D eigenvalue weighted by atomic mass is 79.9. The Labute approximate surface area is 226 Å². The van der Waals surface area contributed by atoms with E-state index in [1.165, 1.54) is 25.7 Å². The smallest absolute Gasteiger partial charge is 0.336 e. The Hall–Kier alpha value is -2.70. The van der Waals surface area contributed by atoms with Crippen LogP contribution in [0.3, 0.4) is 0 Å². The maximum absolute atomic E-state index is 13.4. The van der Waals surface area contributed by atoms with Gasteiger partial charge in [-0.1, -0.05) is 101 Å². The quantitative estimate of drug-likeness (QED) is 0.0996. The minimum absolute atomic E-state index is 0.139. The number of carbonyl (C=O) groups is 2. The van der Waals surface area contributed by atoms with Gasteiger partial charge in [-0.3, -0.25) is 4.79 Å². The number of carbonyl (C=O) groups excluding carboxylic acids is 1. The molecule has 1 amide bonds. The number of carboxylic acids is 1. The summed E-state index contributed by atoms with van der Waals surface area (Å²) in [5, 5.41) is 20.5. The van der Waals surface area contributed by atoms with Crippen LogP contribution in [0.25, 0.3) is 43.1 Å². The second-order valence-corrected chi connectivity index (χ2v) is 11.1. The number of carboxylic acid groups (broad SMARTS) is 1. The first-order valence-corrected chi connectivity index (χ1v) is 14.0. The number of aromatic carboxylic acids is 1. The van der Waals surface area contributed by atoms with E-state index < -0.39 is 5.97 Å². The molecule has 5 aromatic rings. The van der Waals surface area contributed by atoms with Crippen molar-refractivity contribution in [3.8, 4) is 0 Å². The van der Waals surface area contributed by atoms with E-state index in [0.29, 0.717) is 17.5 Å². The lowest BCUT2D eigenvalue weighted by Crippen LogP contribution is -2.25. The first-order chi connectivity index (χ1) is 17.4. The van der Waals surface area contributed by atoms with Gasteiger partial charge < -0.3 is 10.4 Å². The molecule has 5 aromatic carbocycles. The van der Waals surface area contributed by atoms with Crippen molar-refractivity contribution in [3.05, 3.63) is 68.6 Å². The molecular formula is C30H27Br2NO3. The van der Waals surface area contributed by atoms with Gasteiger partial charge in [0.2, 0.25) is 0 Å². The van der Waals surface area contributed by atoms with Crippen LogP contribution in [-0.2, 0) is 0 Å². The van der Waals surface area contributed by atoms with Crippen LogP contribution < -0.4 is 5.32 Å². The maximum Gasteiger partial charge on any atom is 0.336 e. The van der Waals surface area contributed by atoms with Crippen LogP contribution >= 0.6 is 31.9 Å². The molecule has 0 saturated carbocycles. The highest BCUT2D eigenvalue weighted by Gasteiger charge is 2.24. The van der Waals surface area contributed by atoms with E-state index in [9.17, 15) is 14.7 Å². The lowest BCUT2D eigenvalue weighted by molar-refractivity contribution is 0.0699. The first kappa shape index (κ1) is 25.0. The zero-order valence-electron chi connectivity index (χ0n) is 20.1. The standard InChI is InChI=1S/C30H27Br2NO3/c1-2-3-4-5-6-7-15-33-29(34)22-16-24(32)27-20-10-8-9-19-23(31)14-13-17(25(19)20)18-11-12-21(30(35)36)26(22)28(18)27/h8-14,16H,2-7,15H2,1H3,(H,33,34)(H,35,36). The van der Waals surface area contributed by atoms with Gasteiger partial charge in [0.1, 0.15) is 0 Å². The normalized spacial score (nSPS) is 11.8. The third-order valence-electron chi connectivity index (χ3n) is 7.07. The van der Waals surface area contributed by atoms with Gasteiger partial charge in [0.25, 0.3) is 5.91 Å².